The molecular formula is C27H25N3O5. The summed E-state index contributed by atoms with van der Waals surface area (Å²) in [6.45, 7) is 5.74. The maximum absolute atomic E-state index is 13.2. The number of aromatic nitrogens is 1. The Morgan fingerprint density at radius 1 is 1.00 bits per heavy atom. The quantitative estimate of drug-likeness (QED) is 0.343. The van der Waals surface area contributed by atoms with E-state index in [-0.39, 0.29) is 5.57 Å². The highest BCUT2D eigenvalue weighted by Gasteiger charge is 2.37. The second kappa shape index (κ2) is 9.42. The predicted molar refractivity (Wildman–Crippen MR) is 131 cm³/mol. The van der Waals surface area contributed by atoms with Crippen LogP contribution in [0.3, 0.4) is 0 Å². The number of aryl methyl sites for hydroxylation is 2. The van der Waals surface area contributed by atoms with Crippen molar-refractivity contribution in [3.63, 3.8) is 0 Å². The third-order valence-electron chi connectivity index (χ3n) is 6.00. The molecule has 8 heteroatoms. The number of imide groups is 2. The highest BCUT2D eigenvalue weighted by molar-refractivity contribution is 6.39. The van der Waals surface area contributed by atoms with Crippen LogP contribution in [0.25, 0.3) is 11.8 Å². The van der Waals surface area contributed by atoms with Gasteiger partial charge in [0.2, 0.25) is 0 Å². The smallest absolute Gasteiger partial charge is 0.337 e. The van der Waals surface area contributed by atoms with Crippen molar-refractivity contribution in [1.29, 1.82) is 0 Å². The van der Waals surface area contributed by atoms with E-state index in [1.165, 1.54) is 13.2 Å². The third-order valence-corrected chi connectivity index (χ3v) is 6.00. The fraction of sp³-hybridized carbons (Fsp3) is 0.185. The van der Waals surface area contributed by atoms with Gasteiger partial charge < -0.3 is 9.30 Å². The molecule has 4 rings (SSSR count). The molecule has 8 nitrogen and oxygen atoms in total. The molecule has 3 aromatic rings. The van der Waals surface area contributed by atoms with E-state index < -0.39 is 23.8 Å². The average Bonchev–Trinajstić information content (AvgIpc) is 3.14. The molecule has 1 saturated heterocycles. The highest BCUT2D eigenvalue weighted by Crippen LogP contribution is 2.26. The molecule has 0 bridgehead atoms. The molecule has 0 aliphatic carbocycles. The van der Waals surface area contributed by atoms with Gasteiger partial charge in [0, 0.05) is 17.1 Å². The summed E-state index contributed by atoms with van der Waals surface area (Å²) in [5.74, 6) is -1.89. The lowest BCUT2D eigenvalue weighted by Crippen LogP contribution is -2.54. The Balaban J connectivity index is 1.73. The highest BCUT2D eigenvalue weighted by atomic mass is 16.5. The van der Waals surface area contributed by atoms with E-state index in [9.17, 15) is 19.2 Å². The van der Waals surface area contributed by atoms with E-state index in [0.717, 1.165) is 34.0 Å². The topological polar surface area (TPSA) is 97.7 Å². The third kappa shape index (κ3) is 4.38. The number of amides is 4. The number of hydrogen-bond donors (Lipinski definition) is 1. The number of carbonyl (C=O) groups excluding carboxylic acids is 4. The summed E-state index contributed by atoms with van der Waals surface area (Å²) in [4.78, 5) is 51.3. The number of carbonyl (C=O) groups is 4. The van der Waals surface area contributed by atoms with E-state index in [0.29, 0.717) is 16.8 Å². The van der Waals surface area contributed by atoms with Gasteiger partial charge in [-0.3, -0.25) is 14.9 Å². The molecule has 0 saturated carbocycles. The van der Waals surface area contributed by atoms with Gasteiger partial charge in [0.25, 0.3) is 11.8 Å². The van der Waals surface area contributed by atoms with E-state index in [2.05, 4.69) is 5.32 Å². The van der Waals surface area contributed by atoms with E-state index in [4.69, 9.17) is 4.74 Å². The lowest BCUT2D eigenvalue weighted by atomic mass is 10.1. The van der Waals surface area contributed by atoms with Crippen molar-refractivity contribution in [1.82, 2.24) is 9.88 Å². The van der Waals surface area contributed by atoms with E-state index >= 15 is 0 Å². The second-order valence-corrected chi connectivity index (χ2v) is 8.18. The molecule has 0 radical (unpaired) electrons. The standard InChI is InChI=1S/C27H25N3O5/c1-5-18-9-11-21(12-10-18)30-25(32)23(24(31)28-27(30)34)15-20-13-16(2)29(17(20)3)22-8-6-7-19(14-22)26(33)35-4/h6-15H,5H2,1-4H3,(H,28,31,34)/b23-15-. The molecule has 1 aromatic heterocycles. The van der Waals surface area contributed by atoms with Crippen LogP contribution in [-0.2, 0) is 20.7 Å². The Labute approximate surface area is 202 Å². The van der Waals surface area contributed by atoms with Gasteiger partial charge >= 0.3 is 12.0 Å². The first-order chi connectivity index (χ1) is 16.7. The van der Waals surface area contributed by atoms with Crippen molar-refractivity contribution < 1.29 is 23.9 Å². The molecule has 178 valence electrons. The van der Waals surface area contributed by atoms with Crippen LogP contribution in [-0.4, -0.2) is 35.5 Å². The number of nitrogens with zero attached hydrogens (tertiary/aromatic N) is 2. The summed E-state index contributed by atoms with van der Waals surface area (Å²) >= 11 is 0. The molecule has 0 atom stereocenters. The summed E-state index contributed by atoms with van der Waals surface area (Å²) in [6, 6.07) is 15.1. The Bertz CT molecular complexity index is 1380. The van der Waals surface area contributed by atoms with Crippen LogP contribution in [0.15, 0.2) is 60.2 Å². The fourth-order valence-corrected chi connectivity index (χ4v) is 4.15. The number of barbiturate groups is 1. The molecular weight excluding hydrogens is 446 g/mol. The largest absolute Gasteiger partial charge is 0.465 e. The number of esters is 1. The van der Waals surface area contributed by atoms with Crippen molar-refractivity contribution in [2.24, 2.45) is 0 Å². The van der Waals surface area contributed by atoms with E-state index in [1.54, 1.807) is 30.3 Å². The van der Waals surface area contributed by atoms with Crippen LogP contribution in [0.5, 0.6) is 0 Å². The number of hydrogen-bond acceptors (Lipinski definition) is 5. The van der Waals surface area contributed by atoms with Crippen molar-refractivity contribution in [2.75, 3.05) is 12.0 Å². The van der Waals surface area contributed by atoms with Crippen molar-refractivity contribution in [2.45, 2.75) is 27.2 Å². The van der Waals surface area contributed by atoms with Gasteiger partial charge in [-0.2, -0.15) is 0 Å². The SMILES string of the molecule is CCc1ccc(N2C(=O)NC(=O)/C(=C/c3cc(C)n(-c4cccc(C(=O)OC)c4)c3C)C2=O)cc1. The van der Waals surface area contributed by atoms with Crippen molar-refractivity contribution in [3.05, 3.63) is 88.2 Å². The predicted octanol–water partition coefficient (Wildman–Crippen LogP) is 4.11. The molecule has 1 aliphatic heterocycles. The van der Waals surface area contributed by atoms with Crippen LogP contribution < -0.4 is 10.2 Å². The summed E-state index contributed by atoms with van der Waals surface area (Å²) in [7, 11) is 1.32. The van der Waals surface area contributed by atoms with Gasteiger partial charge in [-0.05, 0) is 73.9 Å². The average molecular weight is 472 g/mol. The number of benzene rings is 2. The molecule has 0 spiro atoms. The normalized spacial score (nSPS) is 14.9. The summed E-state index contributed by atoms with van der Waals surface area (Å²) in [5, 5.41) is 2.26. The molecule has 2 aromatic carbocycles. The van der Waals surface area contributed by atoms with E-state index in [1.807, 2.05) is 49.6 Å². The van der Waals surface area contributed by atoms with Crippen LogP contribution in [0.2, 0.25) is 0 Å². The number of ether oxygens (including phenoxy) is 1. The van der Waals surface area contributed by atoms with Crippen molar-refractivity contribution in [3.8, 4) is 5.69 Å². The Kier molecular flexibility index (Phi) is 6.38. The first-order valence-corrected chi connectivity index (χ1v) is 11.1. The van der Waals surface area contributed by atoms with Crippen LogP contribution in [0.4, 0.5) is 10.5 Å². The zero-order chi connectivity index (χ0) is 25.3. The minimum atomic E-state index is -0.786. The zero-order valence-corrected chi connectivity index (χ0v) is 19.9. The number of nitrogens with one attached hydrogen (secondary N) is 1. The first kappa shape index (κ1) is 23.7. The number of rotatable bonds is 5. The molecule has 4 amide bonds. The maximum atomic E-state index is 13.2. The van der Waals surface area contributed by atoms with Crippen molar-refractivity contribution >= 4 is 35.6 Å². The number of anilines is 1. The molecule has 1 N–H and O–H groups in total. The maximum Gasteiger partial charge on any atom is 0.337 e. The van der Waals surface area contributed by atoms with Gasteiger partial charge in [-0.1, -0.05) is 25.1 Å². The lowest BCUT2D eigenvalue weighted by molar-refractivity contribution is -0.122. The minimum Gasteiger partial charge on any atom is -0.465 e. The van der Waals surface area contributed by atoms with Gasteiger partial charge in [-0.15, -0.1) is 0 Å². The number of methoxy groups -OCH3 is 1. The van der Waals surface area contributed by atoms with Crippen LogP contribution in [0, 0.1) is 13.8 Å². The first-order valence-electron chi connectivity index (χ1n) is 11.1. The minimum absolute atomic E-state index is 0.146. The van der Waals surface area contributed by atoms with Gasteiger partial charge in [-0.25, -0.2) is 14.5 Å². The molecule has 35 heavy (non-hydrogen) atoms. The fourth-order valence-electron chi connectivity index (χ4n) is 4.15. The molecule has 1 fully saturated rings. The summed E-state index contributed by atoms with van der Waals surface area (Å²) < 4.78 is 6.73. The summed E-state index contributed by atoms with van der Waals surface area (Å²) in [6.07, 6.45) is 2.31. The Morgan fingerprint density at radius 3 is 2.37 bits per heavy atom. The second-order valence-electron chi connectivity index (χ2n) is 8.18. The number of urea groups is 1. The van der Waals surface area contributed by atoms with Gasteiger partial charge in [0.1, 0.15) is 5.57 Å². The Hall–Kier alpha value is -4.46. The van der Waals surface area contributed by atoms with Gasteiger partial charge in [0.05, 0.1) is 18.4 Å². The Morgan fingerprint density at radius 2 is 1.71 bits per heavy atom. The van der Waals surface area contributed by atoms with Crippen LogP contribution >= 0.6 is 0 Å². The lowest BCUT2D eigenvalue weighted by Gasteiger charge is -2.26. The molecule has 0 unspecified atom stereocenters. The monoisotopic (exact) mass is 471 g/mol. The van der Waals surface area contributed by atoms with Gasteiger partial charge in [0.15, 0.2) is 0 Å². The summed E-state index contributed by atoms with van der Waals surface area (Å²) in [5.41, 5.74) is 4.67. The zero-order valence-electron chi connectivity index (χ0n) is 19.9. The molecule has 2 heterocycles. The van der Waals surface area contributed by atoms with Crippen LogP contribution in [0.1, 0.15) is 39.8 Å². The molecule has 1 aliphatic rings.